The maximum Gasteiger partial charge on any atom is 0.251 e. The molecule has 0 radical (unpaired) electrons. The molecule has 2 amide bonds. The lowest BCUT2D eigenvalue weighted by Crippen LogP contribution is -2.43. The van der Waals surface area contributed by atoms with Crippen LogP contribution in [0.1, 0.15) is 29.6 Å². The summed E-state index contributed by atoms with van der Waals surface area (Å²) in [5.74, 6) is -0.553. The van der Waals surface area contributed by atoms with Gasteiger partial charge in [-0.25, -0.2) is 4.98 Å². The van der Waals surface area contributed by atoms with Crippen LogP contribution in [0.15, 0.2) is 66.0 Å². The van der Waals surface area contributed by atoms with Crippen LogP contribution < -0.4 is 16.4 Å². The monoisotopic (exact) mass is 408 g/mol. The lowest BCUT2D eigenvalue weighted by atomic mass is 10.1. The SMILES string of the molecule is NCCCCC(NC(=O)c1ccccc1)C(=O)Nc1nc(-c2ccccc2)cs1. The van der Waals surface area contributed by atoms with Gasteiger partial charge in [0.1, 0.15) is 6.04 Å². The normalized spacial score (nSPS) is 11.6. The second kappa shape index (κ2) is 10.5. The van der Waals surface area contributed by atoms with E-state index in [0.717, 1.165) is 24.1 Å². The number of thiazole rings is 1. The van der Waals surface area contributed by atoms with Gasteiger partial charge in [0.15, 0.2) is 5.13 Å². The molecular weight excluding hydrogens is 384 g/mol. The number of hydrogen-bond donors (Lipinski definition) is 3. The zero-order valence-corrected chi connectivity index (χ0v) is 16.8. The summed E-state index contributed by atoms with van der Waals surface area (Å²) >= 11 is 1.36. The first-order chi connectivity index (χ1) is 14.2. The number of nitrogens with two attached hydrogens (primary N) is 1. The van der Waals surface area contributed by atoms with Crippen molar-refractivity contribution in [2.24, 2.45) is 5.73 Å². The highest BCUT2D eigenvalue weighted by molar-refractivity contribution is 7.14. The Labute approximate surface area is 174 Å². The van der Waals surface area contributed by atoms with Gasteiger partial charge in [-0.2, -0.15) is 0 Å². The van der Waals surface area contributed by atoms with Crippen molar-refractivity contribution in [1.82, 2.24) is 10.3 Å². The molecule has 1 aromatic heterocycles. The number of carbonyl (C=O) groups excluding carboxylic acids is 2. The van der Waals surface area contributed by atoms with Gasteiger partial charge < -0.3 is 16.4 Å². The Hall–Kier alpha value is -3.03. The van der Waals surface area contributed by atoms with Gasteiger partial charge in [0.05, 0.1) is 5.69 Å². The fourth-order valence-electron chi connectivity index (χ4n) is 2.86. The van der Waals surface area contributed by atoms with E-state index in [4.69, 9.17) is 5.73 Å². The highest BCUT2D eigenvalue weighted by Crippen LogP contribution is 2.24. The second-order valence-corrected chi connectivity index (χ2v) is 7.43. The van der Waals surface area contributed by atoms with Gasteiger partial charge in [-0.3, -0.25) is 9.59 Å². The molecule has 0 saturated carbocycles. The summed E-state index contributed by atoms with van der Waals surface area (Å²) < 4.78 is 0. The number of aromatic nitrogens is 1. The zero-order valence-electron chi connectivity index (χ0n) is 16.0. The third kappa shape index (κ3) is 5.97. The molecule has 3 aromatic rings. The molecule has 0 spiro atoms. The minimum Gasteiger partial charge on any atom is -0.340 e. The molecule has 1 heterocycles. The lowest BCUT2D eigenvalue weighted by molar-refractivity contribution is -0.118. The molecule has 1 atom stereocenters. The Morgan fingerprint density at radius 1 is 1.00 bits per heavy atom. The largest absolute Gasteiger partial charge is 0.340 e. The van der Waals surface area contributed by atoms with Crippen molar-refractivity contribution < 1.29 is 9.59 Å². The van der Waals surface area contributed by atoms with Crippen molar-refractivity contribution in [1.29, 1.82) is 0 Å². The molecule has 0 saturated heterocycles. The molecule has 0 aliphatic heterocycles. The maximum atomic E-state index is 12.8. The van der Waals surface area contributed by atoms with Crippen molar-refractivity contribution >= 4 is 28.3 Å². The quantitative estimate of drug-likeness (QED) is 0.471. The van der Waals surface area contributed by atoms with Crippen LogP contribution >= 0.6 is 11.3 Å². The molecule has 1 unspecified atom stereocenters. The van der Waals surface area contributed by atoms with Gasteiger partial charge in [0.25, 0.3) is 5.91 Å². The number of nitrogens with zero attached hydrogens (tertiary/aromatic N) is 1. The first kappa shape index (κ1) is 20.7. The molecule has 29 heavy (non-hydrogen) atoms. The standard InChI is InChI=1S/C22H24N4O2S/c23-14-8-7-13-18(24-20(27)17-11-5-2-6-12-17)21(28)26-22-25-19(15-29-22)16-9-3-1-4-10-16/h1-6,9-12,15,18H,7-8,13-14,23H2,(H,24,27)(H,25,26,28). The molecule has 6 nitrogen and oxygen atoms in total. The van der Waals surface area contributed by atoms with E-state index in [1.54, 1.807) is 24.3 Å². The maximum absolute atomic E-state index is 12.8. The fourth-order valence-corrected chi connectivity index (χ4v) is 3.58. The number of amides is 2. The average molecular weight is 409 g/mol. The molecule has 0 fully saturated rings. The number of anilines is 1. The fraction of sp³-hybridized carbons (Fsp3) is 0.227. The predicted octanol–water partition coefficient (Wildman–Crippen LogP) is 3.68. The van der Waals surface area contributed by atoms with Crippen molar-refractivity contribution in [3.8, 4) is 11.3 Å². The molecule has 3 rings (SSSR count). The van der Waals surface area contributed by atoms with Crippen molar-refractivity contribution in [2.45, 2.75) is 25.3 Å². The van der Waals surface area contributed by atoms with Gasteiger partial charge in [-0.05, 0) is 37.9 Å². The number of hydrogen-bond acceptors (Lipinski definition) is 5. The minimum absolute atomic E-state index is 0.275. The van der Waals surface area contributed by atoms with Gasteiger partial charge in [-0.15, -0.1) is 11.3 Å². The van der Waals surface area contributed by atoms with E-state index in [9.17, 15) is 9.59 Å². The Kier molecular flexibility index (Phi) is 7.49. The minimum atomic E-state index is -0.654. The number of rotatable bonds is 9. The average Bonchev–Trinajstić information content (AvgIpc) is 3.22. The van der Waals surface area contributed by atoms with Gasteiger partial charge in [0.2, 0.25) is 5.91 Å². The van der Waals surface area contributed by atoms with Crippen LogP contribution in [0.5, 0.6) is 0 Å². The summed E-state index contributed by atoms with van der Waals surface area (Å²) in [5.41, 5.74) is 7.88. The summed E-state index contributed by atoms with van der Waals surface area (Å²) in [4.78, 5) is 29.8. The van der Waals surface area contributed by atoms with Crippen LogP contribution in [-0.2, 0) is 4.79 Å². The summed E-state index contributed by atoms with van der Waals surface area (Å²) in [7, 11) is 0. The topological polar surface area (TPSA) is 97.1 Å². The predicted molar refractivity (Wildman–Crippen MR) is 117 cm³/mol. The van der Waals surface area contributed by atoms with E-state index in [2.05, 4.69) is 15.6 Å². The Balaban J connectivity index is 1.67. The van der Waals surface area contributed by atoms with Crippen molar-refractivity contribution in [3.05, 3.63) is 71.6 Å². The molecule has 4 N–H and O–H groups in total. The van der Waals surface area contributed by atoms with E-state index in [1.165, 1.54) is 11.3 Å². The summed E-state index contributed by atoms with van der Waals surface area (Å²) in [6, 6.07) is 18.0. The first-order valence-corrected chi connectivity index (χ1v) is 10.4. The van der Waals surface area contributed by atoms with Crippen LogP contribution in [0, 0.1) is 0 Å². The van der Waals surface area contributed by atoms with Crippen LogP contribution in [0.3, 0.4) is 0 Å². The van der Waals surface area contributed by atoms with Crippen LogP contribution in [-0.4, -0.2) is 29.4 Å². The van der Waals surface area contributed by atoms with Crippen LogP contribution in [0.2, 0.25) is 0 Å². The third-order valence-electron chi connectivity index (χ3n) is 4.41. The molecular formula is C22H24N4O2S. The number of unbranched alkanes of at least 4 members (excludes halogenated alkanes) is 1. The Morgan fingerprint density at radius 3 is 2.38 bits per heavy atom. The Morgan fingerprint density at radius 2 is 1.69 bits per heavy atom. The van der Waals surface area contributed by atoms with Crippen molar-refractivity contribution in [3.63, 3.8) is 0 Å². The summed E-state index contributed by atoms with van der Waals surface area (Å²) in [5, 5.41) is 8.08. The number of nitrogens with one attached hydrogen (secondary N) is 2. The van der Waals surface area contributed by atoms with Crippen molar-refractivity contribution in [2.75, 3.05) is 11.9 Å². The van der Waals surface area contributed by atoms with Crippen LogP contribution in [0.25, 0.3) is 11.3 Å². The molecule has 0 aliphatic carbocycles. The van der Waals surface area contributed by atoms with Gasteiger partial charge in [0, 0.05) is 16.5 Å². The molecule has 0 bridgehead atoms. The second-order valence-electron chi connectivity index (χ2n) is 6.57. The highest BCUT2D eigenvalue weighted by atomic mass is 32.1. The molecule has 7 heteroatoms. The first-order valence-electron chi connectivity index (χ1n) is 9.55. The smallest absolute Gasteiger partial charge is 0.251 e. The van der Waals surface area contributed by atoms with Gasteiger partial charge >= 0.3 is 0 Å². The zero-order chi connectivity index (χ0) is 20.5. The molecule has 0 aliphatic rings. The third-order valence-corrected chi connectivity index (χ3v) is 5.17. The van der Waals surface area contributed by atoms with Gasteiger partial charge in [-0.1, -0.05) is 48.5 Å². The lowest BCUT2D eigenvalue weighted by Gasteiger charge is -2.17. The van der Waals surface area contributed by atoms with E-state index >= 15 is 0 Å². The number of carbonyl (C=O) groups is 2. The van der Waals surface area contributed by atoms with E-state index in [1.807, 2.05) is 41.8 Å². The molecule has 150 valence electrons. The Bertz CT molecular complexity index is 928. The molecule has 2 aromatic carbocycles. The van der Waals surface area contributed by atoms with E-state index in [0.29, 0.717) is 23.7 Å². The summed E-state index contributed by atoms with van der Waals surface area (Å²) in [6.07, 6.45) is 2.05. The highest BCUT2D eigenvalue weighted by Gasteiger charge is 2.22. The van der Waals surface area contributed by atoms with Crippen LogP contribution in [0.4, 0.5) is 5.13 Å². The van der Waals surface area contributed by atoms with E-state index in [-0.39, 0.29) is 11.8 Å². The number of benzene rings is 2. The summed E-state index contributed by atoms with van der Waals surface area (Å²) in [6.45, 7) is 0.549. The van der Waals surface area contributed by atoms with E-state index < -0.39 is 6.04 Å².